The summed E-state index contributed by atoms with van der Waals surface area (Å²) < 4.78 is 32.0. The molecule has 1 atom stereocenters. The first-order valence-electron chi connectivity index (χ1n) is 6.62. The Morgan fingerprint density at radius 1 is 1.00 bits per heavy atom. The molecule has 1 unspecified atom stereocenters. The predicted octanol–water partition coefficient (Wildman–Crippen LogP) is 3.29. The minimum absolute atomic E-state index is 0.00833. The van der Waals surface area contributed by atoms with E-state index in [0.29, 0.717) is 12.2 Å². The molecule has 0 amide bonds. The summed E-state index contributed by atoms with van der Waals surface area (Å²) in [5, 5.41) is 3.27. The summed E-state index contributed by atoms with van der Waals surface area (Å²) in [6.45, 7) is 2.31. The van der Waals surface area contributed by atoms with Gasteiger partial charge in [-0.2, -0.15) is 0 Å². The van der Waals surface area contributed by atoms with Crippen molar-refractivity contribution < 1.29 is 13.5 Å². The van der Waals surface area contributed by atoms with Crippen LogP contribution in [0.3, 0.4) is 0 Å². The van der Waals surface area contributed by atoms with Crippen molar-refractivity contribution in [2.24, 2.45) is 0 Å². The van der Waals surface area contributed by atoms with Gasteiger partial charge in [-0.05, 0) is 34.9 Å². The van der Waals surface area contributed by atoms with Crippen LogP contribution in [0.5, 0.6) is 0 Å². The fraction of sp³-hybridized carbons (Fsp3) is 0.250. The zero-order chi connectivity index (χ0) is 13.9. The lowest BCUT2D eigenvalue weighted by molar-refractivity contribution is 0.0277. The van der Waals surface area contributed by atoms with E-state index < -0.39 is 11.6 Å². The van der Waals surface area contributed by atoms with E-state index in [-0.39, 0.29) is 6.10 Å². The third kappa shape index (κ3) is 2.71. The van der Waals surface area contributed by atoms with Gasteiger partial charge in [0.1, 0.15) is 0 Å². The van der Waals surface area contributed by atoms with Crippen LogP contribution >= 0.6 is 0 Å². The van der Waals surface area contributed by atoms with Gasteiger partial charge in [-0.3, -0.25) is 0 Å². The summed E-state index contributed by atoms with van der Waals surface area (Å²) in [5.41, 5.74) is 2.56. The van der Waals surface area contributed by atoms with Crippen LogP contribution in [0.1, 0.15) is 11.7 Å². The summed E-state index contributed by atoms with van der Waals surface area (Å²) in [6, 6.07) is 11.7. The van der Waals surface area contributed by atoms with Crippen LogP contribution in [0.25, 0.3) is 11.1 Å². The average Bonchev–Trinajstić information content (AvgIpc) is 2.51. The van der Waals surface area contributed by atoms with Crippen LogP contribution < -0.4 is 5.32 Å². The fourth-order valence-corrected chi connectivity index (χ4v) is 2.37. The molecule has 4 heteroatoms. The molecule has 0 aliphatic carbocycles. The second-order valence-electron chi connectivity index (χ2n) is 4.82. The predicted molar refractivity (Wildman–Crippen MR) is 73.4 cm³/mol. The Bertz CT molecular complexity index is 609. The molecule has 0 aromatic heterocycles. The van der Waals surface area contributed by atoms with Gasteiger partial charge in [0.2, 0.25) is 0 Å². The van der Waals surface area contributed by atoms with Crippen molar-refractivity contribution in [2.75, 3.05) is 19.7 Å². The Hall–Kier alpha value is -1.78. The van der Waals surface area contributed by atoms with Crippen molar-refractivity contribution >= 4 is 0 Å². The molecule has 2 aromatic rings. The molecule has 104 valence electrons. The lowest BCUT2D eigenvalue weighted by atomic mass is 10.00. The van der Waals surface area contributed by atoms with E-state index in [1.165, 1.54) is 6.07 Å². The van der Waals surface area contributed by atoms with Gasteiger partial charge in [-0.1, -0.05) is 24.3 Å². The molecule has 0 bridgehead atoms. The number of rotatable bonds is 2. The third-order valence-electron chi connectivity index (χ3n) is 3.44. The minimum atomic E-state index is -0.830. The molecule has 1 heterocycles. The zero-order valence-electron chi connectivity index (χ0n) is 10.9. The molecule has 0 spiro atoms. The van der Waals surface area contributed by atoms with Crippen molar-refractivity contribution in [3.8, 4) is 11.1 Å². The molecule has 1 saturated heterocycles. The Labute approximate surface area is 116 Å². The number of halogens is 2. The molecule has 0 saturated carbocycles. The molecule has 20 heavy (non-hydrogen) atoms. The number of benzene rings is 2. The van der Waals surface area contributed by atoms with E-state index in [1.54, 1.807) is 6.07 Å². The second-order valence-corrected chi connectivity index (χ2v) is 4.82. The van der Waals surface area contributed by atoms with Gasteiger partial charge in [-0.15, -0.1) is 0 Å². The summed E-state index contributed by atoms with van der Waals surface area (Å²) in [7, 11) is 0. The molecule has 0 radical (unpaired) electrons. The van der Waals surface area contributed by atoms with Crippen molar-refractivity contribution in [1.29, 1.82) is 0 Å². The van der Waals surface area contributed by atoms with E-state index >= 15 is 0 Å². The molecule has 1 aliphatic rings. The smallest absolute Gasteiger partial charge is 0.159 e. The van der Waals surface area contributed by atoms with Crippen molar-refractivity contribution in [3.05, 3.63) is 59.7 Å². The number of morpholine rings is 1. The van der Waals surface area contributed by atoms with Crippen LogP contribution in [-0.4, -0.2) is 19.7 Å². The Kier molecular flexibility index (Phi) is 3.76. The van der Waals surface area contributed by atoms with Gasteiger partial charge < -0.3 is 10.1 Å². The lowest BCUT2D eigenvalue weighted by Gasteiger charge is -2.24. The second kappa shape index (κ2) is 5.69. The summed E-state index contributed by atoms with van der Waals surface area (Å²) >= 11 is 0. The first-order valence-corrected chi connectivity index (χ1v) is 6.62. The van der Waals surface area contributed by atoms with Gasteiger partial charge in [0.05, 0.1) is 12.7 Å². The van der Waals surface area contributed by atoms with Crippen LogP contribution in [0.15, 0.2) is 42.5 Å². The Balaban J connectivity index is 1.91. The van der Waals surface area contributed by atoms with Gasteiger partial charge in [0.25, 0.3) is 0 Å². The maximum atomic E-state index is 13.3. The molecule has 1 aliphatic heterocycles. The van der Waals surface area contributed by atoms with Gasteiger partial charge in [-0.25, -0.2) is 8.78 Å². The normalized spacial score (nSPS) is 19.0. The Morgan fingerprint density at radius 2 is 1.85 bits per heavy atom. The van der Waals surface area contributed by atoms with Crippen molar-refractivity contribution in [2.45, 2.75) is 6.10 Å². The maximum Gasteiger partial charge on any atom is 0.159 e. The molecule has 1 fully saturated rings. The van der Waals surface area contributed by atoms with Crippen LogP contribution in [0.4, 0.5) is 8.78 Å². The minimum Gasteiger partial charge on any atom is -0.371 e. The highest BCUT2D eigenvalue weighted by Gasteiger charge is 2.16. The lowest BCUT2D eigenvalue weighted by Crippen LogP contribution is -2.33. The topological polar surface area (TPSA) is 21.3 Å². The molecular weight excluding hydrogens is 260 g/mol. The monoisotopic (exact) mass is 275 g/mol. The van der Waals surface area contributed by atoms with E-state index in [0.717, 1.165) is 30.3 Å². The number of nitrogens with one attached hydrogen (secondary N) is 1. The maximum absolute atomic E-state index is 13.3. The van der Waals surface area contributed by atoms with E-state index in [2.05, 4.69) is 5.32 Å². The SMILES string of the molecule is Fc1ccc(-c2cccc(C3CNCCO3)c2)cc1F. The number of ether oxygens (including phenoxy) is 1. The molecule has 1 N–H and O–H groups in total. The quantitative estimate of drug-likeness (QED) is 0.908. The van der Waals surface area contributed by atoms with E-state index in [9.17, 15) is 8.78 Å². The molecule has 3 rings (SSSR count). The fourth-order valence-electron chi connectivity index (χ4n) is 2.37. The summed E-state index contributed by atoms with van der Waals surface area (Å²) in [5.74, 6) is -1.66. The largest absolute Gasteiger partial charge is 0.371 e. The highest BCUT2D eigenvalue weighted by Crippen LogP contribution is 2.26. The van der Waals surface area contributed by atoms with E-state index in [1.807, 2.05) is 24.3 Å². The highest BCUT2D eigenvalue weighted by molar-refractivity contribution is 5.64. The van der Waals surface area contributed by atoms with Crippen molar-refractivity contribution in [1.82, 2.24) is 5.32 Å². The first-order chi connectivity index (χ1) is 9.74. The average molecular weight is 275 g/mol. The zero-order valence-corrected chi connectivity index (χ0v) is 10.9. The van der Waals surface area contributed by atoms with Crippen LogP contribution in [0.2, 0.25) is 0 Å². The molecular formula is C16H15F2NO. The standard InChI is InChI=1S/C16H15F2NO/c17-14-5-4-12(9-15(14)18)11-2-1-3-13(8-11)16-10-19-6-7-20-16/h1-5,8-9,16,19H,6-7,10H2. The third-order valence-corrected chi connectivity index (χ3v) is 3.44. The van der Waals surface area contributed by atoms with E-state index in [4.69, 9.17) is 4.74 Å². The van der Waals surface area contributed by atoms with Gasteiger partial charge in [0.15, 0.2) is 11.6 Å². The summed E-state index contributed by atoms with van der Waals surface area (Å²) in [6.07, 6.45) is 0.00833. The molecule has 2 aromatic carbocycles. The Morgan fingerprint density at radius 3 is 2.60 bits per heavy atom. The van der Waals surface area contributed by atoms with Crippen molar-refractivity contribution in [3.63, 3.8) is 0 Å². The number of hydrogen-bond donors (Lipinski definition) is 1. The molecule has 2 nitrogen and oxygen atoms in total. The number of hydrogen-bond acceptors (Lipinski definition) is 2. The van der Waals surface area contributed by atoms with Crippen LogP contribution in [-0.2, 0) is 4.74 Å². The highest BCUT2D eigenvalue weighted by atomic mass is 19.2. The van der Waals surface area contributed by atoms with Crippen LogP contribution in [0, 0.1) is 11.6 Å². The first kappa shape index (κ1) is 13.2. The van der Waals surface area contributed by atoms with Gasteiger partial charge in [0, 0.05) is 13.1 Å². The van der Waals surface area contributed by atoms with Gasteiger partial charge >= 0.3 is 0 Å². The summed E-state index contributed by atoms with van der Waals surface area (Å²) in [4.78, 5) is 0.